The van der Waals surface area contributed by atoms with E-state index in [9.17, 15) is 18.3 Å². The van der Waals surface area contributed by atoms with Gasteiger partial charge in [-0.15, -0.1) is 5.10 Å². The van der Waals surface area contributed by atoms with E-state index in [-0.39, 0.29) is 5.04 Å². The summed E-state index contributed by atoms with van der Waals surface area (Å²) in [6.45, 7) is 1.69. The molecule has 2 rings (SSSR count). The quantitative estimate of drug-likeness (QED) is 0.841. The molecule has 0 aliphatic carbocycles. The fourth-order valence-corrected chi connectivity index (χ4v) is 2.74. The molecule has 1 aromatic heterocycles. The van der Waals surface area contributed by atoms with Gasteiger partial charge in [-0.25, -0.2) is 4.99 Å². The zero-order valence-corrected chi connectivity index (χ0v) is 9.58. The van der Waals surface area contributed by atoms with Crippen LogP contribution in [0.25, 0.3) is 0 Å². The van der Waals surface area contributed by atoms with E-state index in [1.807, 2.05) is 0 Å². The molecule has 1 aliphatic heterocycles. The van der Waals surface area contributed by atoms with Crippen LogP contribution in [0.3, 0.4) is 0 Å². The fraction of sp³-hybridized carbons (Fsp3) is 0.571. The molecule has 0 bridgehead atoms. The van der Waals surface area contributed by atoms with E-state index < -0.39 is 17.7 Å². The molecule has 1 aliphatic rings. The van der Waals surface area contributed by atoms with E-state index in [0.717, 1.165) is 23.3 Å². The van der Waals surface area contributed by atoms with Crippen molar-refractivity contribution in [2.24, 2.45) is 4.99 Å². The number of aliphatic imine (C=N–C) groups is 1. The Balaban J connectivity index is 2.35. The maximum atomic E-state index is 12.5. The Labute approximate surface area is 96.7 Å². The first-order chi connectivity index (χ1) is 7.33. The van der Waals surface area contributed by atoms with Crippen molar-refractivity contribution in [2.75, 3.05) is 5.75 Å². The molecule has 0 radical (unpaired) electrons. The Morgan fingerprint density at radius 2 is 2.12 bits per heavy atom. The molecule has 0 saturated carbocycles. The number of hydrogen-bond acceptors (Lipinski definition) is 6. The Morgan fingerprint density at radius 3 is 2.56 bits per heavy atom. The van der Waals surface area contributed by atoms with Crippen molar-refractivity contribution >= 4 is 28.3 Å². The second kappa shape index (κ2) is 3.67. The van der Waals surface area contributed by atoms with Crippen molar-refractivity contribution in [3.8, 4) is 0 Å². The smallest absolute Gasteiger partial charge is 0.361 e. The van der Waals surface area contributed by atoms with Crippen LogP contribution in [0.4, 0.5) is 13.2 Å². The summed E-state index contributed by atoms with van der Waals surface area (Å²) in [4.78, 5) is 3.99. The molecule has 0 fully saturated rings. The van der Waals surface area contributed by atoms with E-state index in [0.29, 0.717) is 10.6 Å². The van der Waals surface area contributed by atoms with Gasteiger partial charge in [-0.1, -0.05) is 16.3 Å². The Morgan fingerprint density at radius 1 is 1.44 bits per heavy atom. The zero-order valence-electron chi connectivity index (χ0n) is 7.95. The van der Waals surface area contributed by atoms with Crippen LogP contribution < -0.4 is 0 Å². The molecule has 1 unspecified atom stereocenters. The molecule has 0 amide bonds. The highest BCUT2D eigenvalue weighted by Gasteiger charge is 2.57. The molecule has 0 aromatic carbocycles. The molecule has 88 valence electrons. The number of hydrogen-bond donors (Lipinski definition) is 1. The number of halogens is 3. The van der Waals surface area contributed by atoms with E-state index >= 15 is 0 Å². The lowest BCUT2D eigenvalue weighted by molar-refractivity contribution is -0.245. The van der Waals surface area contributed by atoms with Crippen LogP contribution >= 0.6 is 23.3 Å². The third kappa shape index (κ3) is 1.82. The van der Waals surface area contributed by atoms with Gasteiger partial charge in [-0.05, 0) is 18.5 Å². The van der Waals surface area contributed by atoms with E-state index in [1.165, 1.54) is 0 Å². The van der Waals surface area contributed by atoms with E-state index in [1.54, 1.807) is 6.92 Å². The highest BCUT2D eigenvalue weighted by molar-refractivity contribution is 8.14. The highest BCUT2D eigenvalue weighted by Crippen LogP contribution is 2.40. The van der Waals surface area contributed by atoms with Gasteiger partial charge in [0.2, 0.25) is 0 Å². The molecular weight excluding hydrogens is 263 g/mol. The standard InChI is InChI=1S/C7H6F3N3OS2/c1-3-4(12-13-16-3)5-11-6(14,2-15-5)7(8,9)10/h14H,2H2,1H3. The molecule has 2 heterocycles. The average Bonchev–Trinajstić information content (AvgIpc) is 2.71. The summed E-state index contributed by atoms with van der Waals surface area (Å²) in [5.41, 5.74) is -2.68. The minimum absolute atomic E-state index is 0.0890. The van der Waals surface area contributed by atoms with E-state index in [4.69, 9.17) is 0 Å². The maximum absolute atomic E-state index is 12.5. The lowest BCUT2D eigenvalue weighted by Gasteiger charge is -2.20. The van der Waals surface area contributed by atoms with Gasteiger partial charge in [-0.3, -0.25) is 0 Å². The lowest BCUT2D eigenvalue weighted by atomic mass is 10.2. The Bertz CT molecular complexity index is 444. The lowest BCUT2D eigenvalue weighted by Crippen LogP contribution is -2.43. The van der Waals surface area contributed by atoms with Gasteiger partial charge in [-0.2, -0.15) is 13.2 Å². The first-order valence-electron chi connectivity index (χ1n) is 4.14. The molecule has 1 atom stereocenters. The molecule has 16 heavy (non-hydrogen) atoms. The largest absolute Gasteiger partial charge is 0.439 e. The zero-order chi connectivity index (χ0) is 12.0. The van der Waals surface area contributed by atoms with Gasteiger partial charge in [0.05, 0.1) is 10.6 Å². The molecule has 9 heteroatoms. The maximum Gasteiger partial charge on any atom is 0.439 e. The molecular formula is C7H6F3N3OS2. The SMILES string of the molecule is Cc1snnc1C1=NC(O)(C(F)(F)F)CS1. The number of rotatable bonds is 1. The van der Waals surface area contributed by atoms with Crippen LogP contribution in [0.15, 0.2) is 4.99 Å². The number of nitrogens with zero attached hydrogens (tertiary/aromatic N) is 3. The van der Waals surface area contributed by atoms with Gasteiger partial charge in [0.25, 0.3) is 5.72 Å². The summed E-state index contributed by atoms with van der Waals surface area (Å²) in [6.07, 6.45) is -4.76. The van der Waals surface area contributed by atoms with Gasteiger partial charge >= 0.3 is 6.18 Å². The van der Waals surface area contributed by atoms with Crippen molar-refractivity contribution in [3.63, 3.8) is 0 Å². The Kier molecular flexibility index (Phi) is 2.71. The summed E-state index contributed by atoms with van der Waals surface area (Å²) in [5.74, 6) is -0.539. The van der Waals surface area contributed by atoms with Crippen LogP contribution in [0.5, 0.6) is 0 Å². The summed E-state index contributed by atoms with van der Waals surface area (Å²) in [6, 6.07) is 0. The van der Waals surface area contributed by atoms with Crippen LogP contribution in [0, 0.1) is 6.92 Å². The summed E-state index contributed by atoms with van der Waals surface area (Å²) in [5, 5.41) is 13.1. The van der Waals surface area contributed by atoms with Crippen molar-refractivity contribution in [2.45, 2.75) is 18.8 Å². The fourth-order valence-electron chi connectivity index (χ4n) is 1.10. The highest BCUT2D eigenvalue weighted by atomic mass is 32.2. The van der Waals surface area contributed by atoms with Crippen molar-refractivity contribution in [1.29, 1.82) is 0 Å². The van der Waals surface area contributed by atoms with Gasteiger partial charge < -0.3 is 5.11 Å². The summed E-state index contributed by atoms with van der Waals surface area (Å²) < 4.78 is 41.0. The first kappa shape index (κ1) is 11.8. The molecule has 1 N–H and O–H groups in total. The van der Waals surface area contributed by atoms with Crippen LogP contribution in [0.1, 0.15) is 10.6 Å². The van der Waals surface area contributed by atoms with Crippen molar-refractivity contribution in [1.82, 2.24) is 9.59 Å². The monoisotopic (exact) mass is 269 g/mol. The topological polar surface area (TPSA) is 58.4 Å². The Hall–Kier alpha value is -0.670. The number of alkyl halides is 3. The van der Waals surface area contributed by atoms with Crippen LogP contribution in [0.2, 0.25) is 0 Å². The minimum Gasteiger partial charge on any atom is -0.361 e. The second-order valence-corrected chi connectivity index (χ2v) is 5.12. The molecule has 1 aromatic rings. The summed E-state index contributed by atoms with van der Waals surface area (Å²) >= 11 is 1.91. The predicted molar refractivity (Wildman–Crippen MR) is 54.6 cm³/mol. The number of thioether (sulfide) groups is 1. The summed E-state index contributed by atoms with van der Waals surface area (Å²) in [7, 11) is 0. The number of aryl methyl sites for hydroxylation is 1. The predicted octanol–water partition coefficient (Wildman–Crippen LogP) is 1.59. The minimum atomic E-state index is -4.76. The normalized spacial score (nSPS) is 25.9. The molecule has 0 saturated heterocycles. The third-order valence-electron chi connectivity index (χ3n) is 2.01. The van der Waals surface area contributed by atoms with Gasteiger partial charge in [0.1, 0.15) is 10.7 Å². The number of aromatic nitrogens is 2. The third-order valence-corrected chi connectivity index (χ3v) is 3.74. The number of aliphatic hydroxyl groups is 1. The first-order valence-corrected chi connectivity index (χ1v) is 5.90. The molecule has 4 nitrogen and oxygen atoms in total. The second-order valence-electron chi connectivity index (χ2n) is 3.20. The van der Waals surface area contributed by atoms with Gasteiger partial charge in [0.15, 0.2) is 0 Å². The van der Waals surface area contributed by atoms with E-state index in [2.05, 4.69) is 14.6 Å². The average molecular weight is 269 g/mol. The van der Waals surface area contributed by atoms with Crippen molar-refractivity contribution in [3.05, 3.63) is 10.6 Å². The van der Waals surface area contributed by atoms with Crippen molar-refractivity contribution < 1.29 is 18.3 Å². The van der Waals surface area contributed by atoms with Gasteiger partial charge in [0, 0.05) is 0 Å². The molecule has 0 spiro atoms. The van der Waals surface area contributed by atoms with Crippen LogP contribution in [-0.4, -0.2) is 37.4 Å². The van der Waals surface area contributed by atoms with Crippen LogP contribution in [-0.2, 0) is 0 Å².